The van der Waals surface area contributed by atoms with Crippen LogP contribution in [-0.4, -0.2) is 32.3 Å². The Morgan fingerprint density at radius 1 is 1.03 bits per heavy atom. The van der Waals surface area contributed by atoms with Crippen LogP contribution in [0, 0.1) is 13.8 Å². The van der Waals surface area contributed by atoms with Crippen LogP contribution in [0.15, 0.2) is 54.6 Å². The van der Waals surface area contributed by atoms with Crippen molar-refractivity contribution in [1.82, 2.24) is 19.7 Å². The number of carbonyl (C=O) groups excluding carboxylic acids is 1. The van der Waals surface area contributed by atoms with Gasteiger partial charge in [0.25, 0.3) is 0 Å². The molecule has 0 atom stereocenters. The molecule has 0 N–H and O–H groups in total. The van der Waals surface area contributed by atoms with Gasteiger partial charge in [-0.15, -0.1) is 0 Å². The van der Waals surface area contributed by atoms with E-state index in [2.05, 4.69) is 10.1 Å². The van der Waals surface area contributed by atoms with Gasteiger partial charge in [-0.25, -0.2) is 9.78 Å². The van der Waals surface area contributed by atoms with Gasteiger partial charge in [0.15, 0.2) is 5.65 Å². The van der Waals surface area contributed by atoms with E-state index in [0.717, 1.165) is 40.1 Å². The fourth-order valence-electron chi connectivity index (χ4n) is 3.60. The third-order valence-electron chi connectivity index (χ3n) is 5.01. The van der Waals surface area contributed by atoms with Gasteiger partial charge in [0, 0.05) is 24.0 Å². The number of nitrogens with zero attached hydrogens (tertiary/aromatic N) is 4. The van der Waals surface area contributed by atoms with Crippen molar-refractivity contribution in [2.75, 3.05) is 6.61 Å². The summed E-state index contributed by atoms with van der Waals surface area (Å²) in [4.78, 5) is 22.2. The second kappa shape index (κ2) is 8.45. The van der Waals surface area contributed by atoms with Crippen LogP contribution in [0.5, 0.6) is 0 Å². The molecule has 0 bridgehead atoms. The summed E-state index contributed by atoms with van der Waals surface area (Å²) < 4.78 is 7.32. The molecule has 1 aromatic carbocycles. The lowest BCUT2D eigenvalue weighted by molar-refractivity contribution is 0.0502. The lowest BCUT2D eigenvalue weighted by atomic mass is 10.1. The van der Waals surface area contributed by atoms with Crippen molar-refractivity contribution < 1.29 is 9.53 Å². The number of aromatic nitrogens is 4. The zero-order chi connectivity index (χ0) is 21.1. The summed E-state index contributed by atoms with van der Waals surface area (Å²) in [5, 5.41) is 5.19. The number of carbonyl (C=O) groups is 1. The summed E-state index contributed by atoms with van der Waals surface area (Å²) in [6, 6.07) is 17.6. The smallest absolute Gasteiger partial charge is 0.339 e. The van der Waals surface area contributed by atoms with Crippen LogP contribution in [0.25, 0.3) is 22.3 Å². The van der Waals surface area contributed by atoms with Crippen LogP contribution in [0.1, 0.15) is 33.9 Å². The normalized spacial score (nSPS) is 11.0. The minimum atomic E-state index is -0.354. The third kappa shape index (κ3) is 4.08. The lowest BCUT2D eigenvalue weighted by Gasteiger charge is -2.09. The van der Waals surface area contributed by atoms with Gasteiger partial charge in [-0.2, -0.15) is 5.10 Å². The second-order valence-corrected chi connectivity index (χ2v) is 7.34. The van der Waals surface area contributed by atoms with E-state index in [1.54, 1.807) is 10.7 Å². The zero-order valence-corrected chi connectivity index (χ0v) is 17.4. The van der Waals surface area contributed by atoms with E-state index in [-0.39, 0.29) is 5.97 Å². The summed E-state index contributed by atoms with van der Waals surface area (Å²) >= 11 is 0. The van der Waals surface area contributed by atoms with Gasteiger partial charge in [0.2, 0.25) is 0 Å². The third-order valence-corrected chi connectivity index (χ3v) is 5.01. The van der Waals surface area contributed by atoms with Gasteiger partial charge in [-0.1, -0.05) is 36.4 Å². The van der Waals surface area contributed by atoms with Gasteiger partial charge >= 0.3 is 5.97 Å². The van der Waals surface area contributed by atoms with E-state index < -0.39 is 0 Å². The first-order chi connectivity index (χ1) is 14.5. The molecule has 152 valence electrons. The maximum atomic E-state index is 13.0. The molecule has 6 nitrogen and oxygen atoms in total. The molecule has 0 aliphatic carbocycles. The number of pyridine rings is 2. The zero-order valence-electron chi connectivity index (χ0n) is 17.4. The number of fused-ring (bicyclic) bond motifs is 1. The molecule has 0 spiro atoms. The topological polar surface area (TPSA) is 69.9 Å². The van der Waals surface area contributed by atoms with Gasteiger partial charge in [0.1, 0.15) is 0 Å². The first-order valence-corrected chi connectivity index (χ1v) is 10.0. The SMILES string of the molecule is Cc1cccc(CCCOC(=O)c2cc(-c3ccccc3)nc3c2c(C)nn3C)n1. The van der Waals surface area contributed by atoms with Crippen molar-refractivity contribution in [3.63, 3.8) is 0 Å². The first-order valence-electron chi connectivity index (χ1n) is 10.0. The Bertz CT molecular complexity index is 1200. The van der Waals surface area contributed by atoms with E-state index in [4.69, 9.17) is 9.72 Å². The van der Waals surface area contributed by atoms with E-state index in [9.17, 15) is 4.79 Å². The predicted molar refractivity (Wildman–Crippen MR) is 116 cm³/mol. The predicted octanol–water partition coefficient (Wildman–Crippen LogP) is 4.44. The van der Waals surface area contributed by atoms with Crippen LogP contribution < -0.4 is 0 Å². The Kier molecular flexibility index (Phi) is 5.57. The van der Waals surface area contributed by atoms with Crippen LogP contribution in [-0.2, 0) is 18.2 Å². The van der Waals surface area contributed by atoms with Crippen molar-refractivity contribution in [3.05, 3.63) is 77.2 Å². The van der Waals surface area contributed by atoms with Crippen molar-refractivity contribution in [1.29, 1.82) is 0 Å². The molecule has 0 saturated heterocycles. The van der Waals surface area contributed by atoms with Gasteiger partial charge in [-0.3, -0.25) is 9.67 Å². The molecule has 4 aromatic rings. The second-order valence-electron chi connectivity index (χ2n) is 7.34. The molecule has 0 aliphatic heterocycles. The summed E-state index contributed by atoms with van der Waals surface area (Å²) in [5.41, 5.74) is 5.59. The van der Waals surface area contributed by atoms with E-state index >= 15 is 0 Å². The molecule has 0 amide bonds. The maximum absolute atomic E-state index is 13.0. The van der Waals surface area contributed by atoms with Crippen LogP contribution >= 0.6 is 0 Å². The summed E-state index contributed by atoms with van der Waals surface area (Å²) in [7, 11) is 1.83. The highest BCUT2D eigenvalue weighted by molar-refractivity contribution is 6.05. The number of ether oxygens (including phenoxy) is 1. The molecule has 0 fully saturated rings. The Morgan fingerprint density at radius 2 is 1.83 bits per heavy atom. The summed E-state index contributed by atoms with van der Waals surface area (Å²) in [5.74, 6) is -0.354. The molecular weight excluding hydrogens is 376 g/mol. The summed E-state index contributed by atoms with van der Waals surface area (Å²) in [6.07, 6.45) is 1.48. The van der Waals surface area contributed by atoms with Gasteiger partial charge in [-0.05, 0) is 44.9 Å². The fourth-order valence-corrected chi connectivity index (χ4v) is 3.60. The minimum absolute atomic E-state index is 0.332. The van der Waals surface area contributed by atoms with Crippen molar-refractivity contribution in [2.45, 2.75) is 26.7 Å². The standard InChI is InChI=1S/C24H24N4O2/c1-16-9-7-12-19(25-16)13-8-14-30-24(29)20-15-21(18-10-5-4-6-11-18)26-23-22(20)17(2)27-28(23)3/h4-7,9-12,15H,8,13-14H2,1-3H3. The van der Waals surface area contributed by atoms with Crippen molar-refractivity contribution >= 4 is 17.0 Å². The average molecular weight is 400 g/mol. The Labute approximate surface area is 175 Å². The molecule has 4 rings (SSSR count). The van der Waals surface area contributed by atoms with Crippen LogP contribution in [0.2, 0.25) is 0 Å². The molecule has 0 saturated carbocycles. The number of rotatable bonds is 6. The Morgan fingerprint density at radius 3 is 2.60 bits per heavy atom. The average Bonchev–Trinajstić information content (AvgIpc) is 3.05. The number of hydrogen-bond acceptors (Lipinski definition) is 5. The van der Waals surface area contributed by atoms with Crippen molar-refractivity contribution in [2.24, 2.45) is 7.05 Å². The van der Waals surface area contributed by atoms with E-state index in [1.165, 1.54) is 0 Å². The monoisotopic (exact) mass is 400 g/mol. The van der Waals surface area contributed by atoms with Crippen LogP contribution in [0.4, 0.5) is 0 Å². The van der Waals surface area contributed by atoms with E-state index in [1.807, 2.05) is 69.4 Å². The molecule has 0 aliphatic rings. The molecular formula is C24H24N4O2. The Hall–Kier alpha value is -3.54. The van der Waals surface area contributed by atoms with E-state index in [0.29, 0.717) is 24.2 Å². The van der Waals surface area contributed by atoms with Gasteiger partial charge < -0.3 is 4.74 Å². The summed E-state index contributed by atoms with van der Waals surface area (Å²) in [6.45, 7) is 4.18. The quantitative estimate of drug-likeness (QED) is 0.354. The lowest BCUT2D eigenvalue weighted by Crippen LogP contribution is -2.09. The highest BCUT2D eigenvalue weighted by Gasteiger charge is 2.20. The molecule has 0 radical (unpaired) electrons. The van der Waals surface area contributed by atoms with Crippen molar-refractivity contribution in [3.8, 4) is 11.3 Å². The first kappa shape index (κ1) is 19.8. The van der Waals surface area contributed by atoms with Crippen LogP contribution in [0.3, 0.4) is 0 Å². The molecule has 6 heteroatoms. The molecule has 30 heavy (non-hydrogen) atoms. The largest absolute Gasteiger partial charge is 0.462 e. The number of aryl methyl sites for hydroxylation is 4. The Balaban J connectivity index is 1.56. The highest BCUT2D eigenvalue weighted by Crippen LogP contribution is 2.27. The molecule has 0 unspecified atom stereocenters. The number of hydrogen-bond donors (Lipinski definition) is 0. The maximum Gasteiger partial charge on any atom is 0.339 e. The highest BCUT2D eigenvalue weighted by atomic mass is 16.5. The van der Waals surface area contributed by atoms with Gasteiger partial charge in [0.05, 0.1) is 28.9 Å². The number of benzene rings is 1. The molecule has 3 heterocycles. The number of esters is 1. The molecule has 3 aromatic heterocycles. The fraction of sp³-hybridized carbons (Fsp3) is 0.250. The minimum Gasteiger partial charge on any atom is -0.462 e.